The van der Waals surface area contributed by atoms with E-state index in [0.29, 0.717) is 6.42 Å². The van der Waals surface area contributed by atoms with E-state index in [2.05, 4.69) is 0 Å². The summed E-state index contributed by atoms with van der Waals surface area (Å²) >= 11 is 0. The third-order valence-electron chi connectivity index (χ3n) is 2.68. The van der Waals surface area contributed by atoms with Crippen molar-refractivity contribution in [2.45, 2.75) is 19.0 Å². The van der Waals surface area contributed by atoms with Crippen molar-refractivity contribution in [1.29, 1.82) is 5.41 Å². The molecule has 0 aromatic carbocycles. The number of hydrogen-bond acceptors (Lipinski definition) is 2. The van der Waals surface area contributed by atoms with Gasteiger partial charge in [0, 0.05) is 11.3 Å². The molecular weight excluding hydrogens is 181 g/mol. The van der Waals surface area contributed by atoms with E-state index in [4.69, 9.17) is 11.1 Å². The van der Waals surface area contributed by atoms with Gasteiger partial charge in [0.15, 0.2) is 0 Å². The molecule has 13 heavy (non-hydrogen) atoms. The summed E-state index contributed by atoms with van der Waals surface area (Å²) in [4.78, 5) is 0. The second-order valence-electron chi connectivity index (χ2n) is 3.61. The largest absolute Gasteiger partial charge is 0.431 e. The second kappa shape index (κ2) is 2.27. The Balaban J connectivity index is 2.37. The maximum Gasteiger partial charge on any atom is 0.431 e. The first-order valence-electron chi connectivity index (χ1n) is 4.06. The van der Waals surface area contributed by atoms with Crippen LogP contribution in [0.4, 0.5) is 13.2 Å². The Hall–Kier alpha value is -1.00. The van der Waals surface area contributed by atoms with Crippen molar-refractivity contribution in [2.24, 2.45) is 17.6 Å². The molecule has 2 aliphatic rings. The van der Waals surface area contributed by atoms with E-state index in [9.17, 15) is 13.2 Å². The van der Waals surface area contributed by atoms with Gasteiger partial charge in [-0.05, 0) is 24.7 Å². The predicted octanol–water partition coefficient (Wildman–Crippen LogP) is 1.82. The molecule has 2 saturated carbocycles. The monoisotopic (exact) mass is 190 g/mol. The predicted molar refractivity (Wildman–Crippen MR) is 41.2 cm³/mol. The molecule has 0 bridgehead atoms. The zero-order valence-corrected chi connectivity index (χ0v) is 6.78. The van der Waals surface area contributed by atoms with Gasteiger partial charge in [-0.2, -0.15) is 13.2 Å². The van der Waals surface area contributed by atoms with Crippen LogP contribution in [0.3, 0.4) is 0 Å². The summed E-state index contributed by atoms with van der Waals surface area (Å²) in [5.41, 5.74) is 4.06. The SMILES string of the molecule is N=C1CC2CC2C1=C(N)C(F)(F)F. The molecule has 0 aliphatic heterocycles. The normalized spacial score (nSPS) is 36.1. The summed E-state index contributed by atoms with van der Waals surface area (Å²) < 4.78 is 36.6. The highest BCUT2D eigenvalue weighted by Crippen LogP contribution is 2.54. The molecule has 72 valence electrons. The minimum absolute atomic E-state index is 0.0532. The van der Waals surface area contributed by atoms with Crippen molar-refractivity contribution in [3.8, 4) is 0 Å². The van der Waals surface area contributed by atoms with E-state index in [1.807, 2.05) is 0 Å². The third kappa shape index (κ3) is 1.22. The molecule has 3 N–H and O–H groups in total. The maximum absolute atomic E-state index is 12.2. The lowest BCUT2D eigenvalue weighted by Crippen LogP contribution is -2.24. The summed E-state index contributed by atoms with van der Waals surface area (Å²) in [5.74, 6) is 0.192. The molecule has 5 heteroatoms. The number of rotatable bonds is 0. The van der Waals surface area contributed by atoms with E-state index in [1.54, 1.807) is 0 Å². The molecule has 2 rings (SSSR count). The van der Waals surface area contributed by atoms with Crippen LogP contribution < -0.4 is 5.73 Å². The molecule has 0 radical (unpaired) electrons. The van der Waals surface area contributed by atoms with Crippen LogP contribution in [-0.2, 0) is 0 Å². The van der Waals surface area contributed by atoms with Crippen LogP contribution in [-0.4, -0.2) is 11.9 Å². The van der Waals surface area contributed by atoms with Crippen molar-refractivity contribution < 1.29 is 13.2 Å². The van der Waals surface area contributed by atoms with Crippen molar-refractivity contribution >= 4 is 5.71 Å². The lowest BCUT2D eigenvalue weighted by Gasteiger charge is -2.11. The lowest BCUT2D eigenvalue weighted by atomic mass is 10.1. The number of nitrogens with one attached hydrogen (secondary N) is 1. The number of halogens is 3. The van der Waals surface area contributed by atoms with Gasteiger partial charge in [-0.3, -0.25) is 0 Å². The molecule has 0 heterocycles. The van der Waals surface area contributed by atoms with Crippen molar-refractivity contribution in [1.82, 2.24) is 0 Å². The number of hydrogen-bond donors (Lipinski definition) is 2. The Labute approximate surface area is 73.1 Å². The zero-order chi connectivity index (χ0) is 9.80. The highest BCUT2D eigenvalue weighted by atomic mass is 19.4. The topological polar surface area (TPSA) is 49.9 Å². The summed E-state index contributed by atoms with van der Waals surface area (Å²) in [5, 5.41) is 7.34. The minimum atomic E-state index is -4.47. The summed E-state index contributed by atoms with van der Waals surface area (Å²) in [6.07, 6.45) is -3.23. The van der Waals surface area contributed by atoms with Gasteiger partial charge in [0.2, 0.25) is 0 Å². The zero-order valence-electron chi connectivity index (χ0n) is 6.78. The molecule has 0 aromatic rings. The fraction of sp³-hybridized carbons (Fsp3) is 0.625. The first-order valence-corrected chi connectivity index (χ1v) is 4.06. The molecule has 2 nitrogen and oxygen atoms in total. The van der Waals surface area contributed by atoms with E-state index in [-0.39, 0.29) is 23.1 Å². The van der Waals surface area contributed by atoms with Gasteiger partial charge in [0.25, 0.3) is 0 Å². The number of nitrogens with two attached hydrogens (primary N) is 1. The van der Waals surface area contributed by atoms with Gasteiger partial charge in [-0.25, -0.2) is 0 Å². The van der Waals surface area contributed by atoms with E-state index >= 15 is 0 Å². The average Bonchev–Trinajstić information content (AvgIpc) is 2.61. The Kier molecular flexibility index (Phi) is 1.50. The van der Waals surface area contributed by atoms with Crippen LogP contribution in [0.25, 0.3) is 0 Å². The highest BCUT2D eigenvalue weighted by molar-refractivity contribution is 6.02. The van der Waals surface area contributed by atoms with Gasteiger partial charge in [0.1, 0.15) is 5.70 Å². The molecule has 0 aromatic heterocycles. The number of alkyl halides is 3. The summed E-state index contributed by atoms with van der Waals surface area (Å²) in [6, 6.07) is 0. The van der Waals surface area contributed by atoms with Crippen LogP contribution in [0.15, 0.2) is 11.3 Å². The Morgan fingerprint density at radius 2 is 2.08 bits per heavy atom. The Morgan fingerprint density at radius 1 is 1.46 bits per heavy atom. The van der Waals surface area contributed by atoms with Crippen LogP contribution in [0, 0.1) is 17.2 Å². The summed E-state index contributed by atoms with van der Waals surface area (Å²) in [6.45, 7) is 0. The fourth-order valence-electron chi connectivity index (χ4n) is 1.94. The van der Waals surface area contributed by atoms with Crippen molar-refractivity contribution in [3.05, 3.63) is 11.3 Å². The standard InChI is InChI=1S/C8H9F3N2/c9-8(10,11)7(13)6-4-1-3(4)2-5(6)12/h3-4,12H,1-2,13H2. The quantitative estimate of drug-likeness (QED) is 0.601. The molecular formula is C8H9F3N2. The van der Waals surface area contributed by atoms with Gasteiger partial charge < -0.3 is 11.1 Å². The molecule has 0 amide bonds. The van der Waals surface area contributed by atoms with E-state index in [1.165, 1.54) is 0 Å². The fourth-order valence-corrected chi connectivity index (χ4v) is 1.94. The van der Waals surface area contributed by atoms with E-state index < -0.39 is 11.9 Å². The van der Waals surface area contributed by atoms with Gasteiger partial charge >= 0.3 is 6.18 Å². The summed E-state index contributed by atoms with van der Waals surface area (Å²) in [7, 11) is 0. The van der Waals surface area contributed by atoms with Crippen LogP contribution in [0.2, 0.25) is 0 Å². The van der Waals surface area contributed by atoms with Crippen LogP contribution in [0.5, 0.6) is 0 Å². The lowest BCUT2D eigenvalue weighted by molar-refractivity contribution is -0.0933. The molecule has 2 unspecified atom stereocenters. The second-order valence-corrected chi connectivity index (χ2v) is 3.61. The smallest absolute Gasteiger partial charge is 0.394 e. The molecule has 0 spiro atoms. The van der Waals surface area contributed by atoms with Crippen molar-refractivity contribution in [3.63, 3.8) is 0 Å². The molecule has 2 fully saturated rings. The van der Waals surface area contributed by atoms with Crippen LogP contribution >= 0.6 is 0 Å². The first-order chi connectivity index (χ1) is 5.91. The Bertz CT molecular complexity index is 303. The van der Waals surface area contributed by atoms with E-state index in [0.717, 1.165) is 6.42 Å². The van der Waals surface area contributed by atoms with Gasteiger partial charge in [-0.15, -0.1) is 0 Å². The first kappa shape index (κ1) is 8.59. The highest BCUT2D eigenvalue weighted by Gasteiger charge is 2.51. The maximum atomic E-state index is 12.2. The van der Waals surface area contributed by atoms with Crippen LogP contribution in [0.1, 0.15) is 12.8 Å². The number of allylic oxidation sites excluding steroid dienone is 2. The third-order valence-corrected chi connectivity index (χ3v) is 2.68. The Morgan fingerprint density at radius 3 is 2.46 bits per heavy atom. The molecule has 2 aliphatic carbocycles. The minimum Gasteiger partial charge on any atom is -0.394 e. The average molecular weight is 190 g/mol. The molecule has 2 atom stereocenters. The number of fused-ring (bicyclic) bond motifs is 1. The van der Waals surface area contributed by atoms with Gasteiger partial charge in [-0.1, -0.05) is 0 Å². The van der Waals surface area contributed by atoms with Crippen molar-refractivity contribution in [2.75, 3.05) is 0 Å². The van der Waals surface area contributed by atoms with Gasteiger partial charge in [0.05, 0.1) is 0 Å². The molecule has 0 saturated heterocycles.